The van der Waals surface area contributed by atoms with E-state index >= 15 is 0 Å². The molecule has 0 aliphatic heterocycles. The Morgan fingerprint density at radius 2 is 1.65 bits per heavy atom. The van der Waals surface area contributed by atoms with E-state index < -0.39 is 17.7 Å². The van der Waals surface area contributed by atoms with Crippen LogP contribution < -0.4 is 10.6 Å². The first-order chi connectivity index (χ1) is 14.3. The molecule has 9 heteroatoms. The van der Waals surface area contributed by atoms with Crippen molar-refractivity contribution in [2.75, 3.05) is 5.32 Å². The summed E-state index contributed by atoms with van der Waals surface area (Å²) in [5.41, 5.74) is 2.88. The van der Waals surface area contributed by atoms with Gasteiger partial charge in [-0.05, 0) is 137 Å². The SMILES string of the molecule is Cc1cc(Br)c(NC(=O)[C@@H](Cc2cc(I)c(O)c(I)c2)NC(=O)OC(C)(C)C)cc1C. The van der Waals surface area contributed by atoms with E-state index in [1.54, 1.807) is 32.9 Å². The molecular formula is C22H25BrI2N2O4. The zero-order valence-corrected chi connectivity index (χ0v) is 23.8. The van der Waals surface area contributed by atoms with E-state index in [4.69, 9.17) is 4.74 Å². The lowest BCUT2D eigenvalue weighted by Crippen LogP contribution is -2.47. The molecule has 2 aromatic rings. The van der Waals surface area contributed by atoms with Crippen LogP contribution >= 0.6 is 61.1 Å². The van der Waals surface area contributed by atoms with E-state index in [9.17, 15) is 14.7 Å². The Labute approximate surface area is 218 Å². The van der Waals surface area contributed by atoms with E-state index in [0.29, 0.717) is 12.8 Å². The number of amides is 2. The van der Waals surface area contributed by atoms with E-state index in [0.717, 1.165) is 21.2 Å². The van der Waals surface area contributed by atoms with Crippen molar-refractivity contribution >= 4 is 78.8 Å². The molecule has 0 aliphatic carbocycles. The van der Waals surface area contributed by atoms with Gasteiger partial charge in [0.25, 0.3) is 0 Å². The van der Waals surface area contributed by atoms with Gasteiger partial charge in [-0.15, -0.1) is 0 Å². The minimum atomic E-state index is -0.875. The normalized spacial score (nSPS) is 12.3. The van der Waals surface area contributed by atoms with Crippen molar-refractivity contribution < 1.29 is 19.4 Å². The molecule has 2 rings (SSSR count). The van der Waals surface area contributed by atoms with Crippen LogP contribution in [-0.2, 0) is 16.0 Å². The molecule has 31 heavy (non-hydrogen) atoms. The maximum absolute atomic E-state index is 13.1. The minimum absolute atomic E-state index is 0.199. The maximum atomic E-state index is 13.1. The molecule has 0 heterocycles. The van der Waals surface area contributed by atoms with Crippen LogP contribution in [-0.4, -0.2) is 28.7 Å². The molecule has 0 radical (unpaired) electrons. The highest BCUT2D eigenvalue weighted by Gasteiger charge is 2.26. The molecule has 3 N–H and O–H groups in total. The third-order valence-corrected chi connectivity index (χ3v) is 6.67. The lowest BCUT2D eigenvalue weighted by molar-refractivity contribution is -0.118. The number of aryl methyl sites for hydroxylation is 2. The zero-order chi connectivity index (χ0) is 23.5. The average molecular weight is 715 g/mol. The van der Waals surface area contributed by atoms with E-state index in [1.165, 1.54) is 0 Å². The quantitative estimate of drug-likeness (QED) is 0.329. The van der Waals surface area contributed by atoms with Gasteiger partial charge in [-0.2, -0.15) is 0 Å². The van der Waals surface area contributed by atoms with Crippen molar-refractivity contribution in [1.29, 1.82) is 0 Å². The minimum Gasteiger partial charge on any atom is -0.506 e. The number of benzene rings is 2. The zero-order valence-electron chi connectivity index (χ0n) is 17.9. The largest absolute Gasteiger partial charge is 0.506 e. The number of alkyl carbamates (subject to hydrolysis) is 1. The van der Waals surface area contributed by atoms with Crippen molar-refractivity contribution in [2.24, 2.45) is 0 Å². The number of aromatic hydroxyl groups is 1. The molecule has 1 atom stereocenters. The van der Waals surface area contributed by atoms with Crippen LogP contribution in [0, 0.1) is 21.0 Å². The molecule has 0 saturated carbocycles. The number of anilines is 1. The summed E-state index contributed by atoms with van der Waals surface area (Å²) in [6.07, 6.45) is -0.435. The van der Waals surface area contributed by atoms with Crippen LogP contribution in [0.3, 0.4) is 0 Å². The van der Waals surface area contributed by atoms with E-state index in [2.05, 4.69) is 26.6 Å². The average Bonchev–Trinajstić information content (AvgIpc) is 2.62. The standard InChI is InChI=1S/C22H25BrI2N2O4/c1-11-6-14(23)17(7-12(11)2)26-20(29)18(27-21(30)31-22(3,4)5)10-13-8-15(24)19(28)16(25)9-13/h6-9,18,28H,10H2,1-5H3,(H,26,29)(H,27,30)/t18-/m1/s1. The molecule has 168 valence electrons. The van der Waals surface area contributed by atoms with Gasteiger partial charge in [0.15, 0.2) is 0 Å². The summed E-state index contributed by atoms with van der Waals surface area (Å²) in [4.78, 5) is 25.6. The van der Waals surface area contributed by atoms with Gasteiger partial charge >= 0.3 is 6.09 Å². The van der Waals surface area contributed by atoms with E-state index in [-0.39, 0.29) is 18.1 Å². The number of nitrogens with one attached hydrogen (secondary N) is 2. The van der Waals surface area contributed by atoms with Crippen molar-refractivity contribution in [3.05, 3.63) is 52.6 Å². The predicted molar refractivity (Wildman–Crippen MR) is 143 cm³/mol. The highest BCUT2D eigenvalue weighted by atomic mass is 127. The third kappa shape index (κ3) is 7.77. The Morgan fingerprint density at radius 1 is 1.10 bits per heavy atom. The number of hydrogen-bond donors (Lipinski definition) is 3. The summed E-state index contributed by atoms with van der Waals surface area (Å²) in [5, 5.41) is 15.6. The molecule has 0 aromatic heterocycles. The van der Waals surface area contributed by atoms with Gasteiger partial charge in [-0.25, -0.2) is 4.79 Å². The smallest absolute Gasteiger partial charge is 0.408 e. The Balaban J connectivity index is 2.31. The first kappa shape index (κ1) is 26.2. The lowest BCUT2D eigenvalue weighted by Gasteiger charge is -2.24. The van der Waals surface area contributed by atoms with E-state index in [1.807, 2.05) is 71.2 Å². The molecule has 2 aromatic carbocycles. The molecule has 6 nitrogen and oxygen atoms in total. The van der Waals surface area contributed by atoms with Gasteiger partial charge < -0.3 is 20.5 Å². The maximum Gasteiger partial charge on any atom is 0.408 e. The number of rotatable bonds is 5. The lowest BCUT2D eigenvalue weighted by atomic mass is 10.0. The first-order valence-electron chi connectivity index (χ1n) is 9.51. The Morgan fingerprint density at radius 3 is 2.19 bits per heavy atom. The number of hydrogen-bond acceptors (Lipinski definition) is 4. The van der Waals surface area contributed by atoms with Gasteiger partial charge in [0, 0.05) is 10.9 Å². The van der Waals surface area contributed by atoms with Crippen molar-refractivity contribution in [1.82, 2.24) is 5.32 Å². The molecule has 0 unspecified atom stereocenters. The topological polar surface area (TPSA) is 87.7 Å². The Kier molecular flexibility index (Phi) is 9.03. The van der Waals surface area contributed by atoms with Crippen LogP contribution in [0.4, 0.5) is 10.5 Å². The summed E-state index contributed by atoms with van der Waals surface area (Å²) in [6, 6.07) is 6.53. The number of carbonyl (C=O) groups excluding carboxylic acids is 2. The summed E-state index contributed by atoms with van der Waals surface area (Å²) < 4.78 is 7.46. The van der Waals surface area contributed by atoms with Crippen LogP contribution in [0.15, 0.2) is 28.7 Å². The molecule has 0 spiro atoms. The van der Waals surface area contributed by atoms with Gasteiger partial charge in [0.2, 0.25) is 5.91 Å². The first-order valence-corrected chi connectivity index (χ1v) is 12.5. The van der Waals surface area contributed by atoms with Gasteiger partial charge in [0.1, 0.15) is 17.4 Å². The number of phenols is 1. The molecule has 0 bridgehead atoms. The van der Waals surface area contributed by atoms with Gasteiger partial charge in [0.05, 0.1) is 12.8 Å². The second-order valence-corrected chi connectivity index (χ2v) is 11.4. The second kappa shape index (κ2) is 10.7. The number of carbonyl (C=O) groups is 2. The van der Waals surface area contributed by atoms with Crippen molar-refractivity contribution in [2.45, 2.75) is 52.7 Å². The third-order valence-electron chi connectivity index (χ3n) is 4.37. The molecule has 2 amide bonds. The van der Waals surface area contributed by atoms with Crippen molar-refractivity contribution in [3.8, 4) is 5.75 Å². The summed E-state index contributed by atoms with van der Waals surface area (Å²) in [5.74, 6) is -0.169. The predicted octanol–water partition coefficient (Wildman–Crippen LogP) is 6.06. The number of ether oxygens (including phenoxy) is 1. The Hall–Kier alpha value is -1.08. The second-order valence-electron chi connectivity index (χ2n) is 8.22. The fraction of sp³-hybridized carbons (Fsp3) is 0.364. The van der Waals surface area contributed by atoms with Crippen molar-refractivity contribution in [3.63, 3.8) is 0 Å². The number of phenolic OH excluding ortho intramolecular Hbond substituents is 1. The monoisotopic (exact) mass is 714 g/mol. The highest BCUT2D eigenvalue weighted by molar-refractivity contribution is 14.1. The summed E-state index contributed by atoms with van der Waals surface area (Å²) >= 11 is 7.56. The van der Waals surface area contributed by atoms with Gasteiger partial charge in [-0.3, -0.25) is 4.79 Å². The number of halogens is 3. The molecule has 0 fully saturated rings. The van der Waals surface area contributed by atoms with Crippen LogP contribution in [0.25, 0.3) is 0 Å². The van der Waals surface area contributed by atoms with Gasteiger partial charge in [-0.1, -0.05) is 0 Å². The van der Waals surface area contributed by atoms with Crippen LogP contribution in [0.1, 0.15) is 37.5 Å². The van der Waals surface area contributed by atoms with Crippen LogP contribution in [0.2, 0.25) is 0 Å². The highest BCUT2D eigenvalue weighted by Crippen LogP contribution is 2.29. The fourth-order valence-electron chi connectivity index (χ4n) is 2.73. The summed E-state index contributed by atoms with van der Waals surface area (Å²) in [6.45, 7) is 9.25. The molecule has 0 saturated heterocycles. The molecule has 0 aliphatic rings. The fourth-order valence-corrected chi connectivity index (χ4v) is 5.18. The Bertz CT molecular complexity index is 983. The molecular weight excluding hydrogens is 690 g/mol. The van der Waals surface area contributed by atoms with Crippen LogP contribution in [0.5, 0.6) is 5.75 Å². The summed E-state index contributed by atoms with van der Waals surface area (Å²) in [7, 11) is 0.